The van der Waals surface area contributed by atoms with Gasteiger partial charge in [-0.3, -0.25) is 0 Å². The van der Waals surface area contributed by atoms with E-state index in [0.29, 0.717) is 45.6 Å². The van der Waals surface area contributed by atoms with Gasteiger partial charge < -0.3 is 20.9 Å². The molecule has 2 aromatic carbocycles. The summed E-state index contributed by atoms with van der Waals surface area (Å²) in [6.45, 7) is 25.2. The molecule has 19 nitrogen and oxygen atoms in total. The second kappa shape index (κ2) is 20.7. The predicted octanol–water partition coefficient (Wildman–Crippen LogP) is 12.7. The molecular weight excluding hydrogens is 911 g/mol. The van der Waals surface area contributed by atoms with Gasteiger partial charge in [0.25, 0.3) is 0 Å². The van der Waals surface area contributed by atoms with E-state index in [1.165, 1.54) is 21.1 Å². The van der Waals surface area contributed by atoms with Crippen molar-refractivity contribution in [1.82, 2.24) is 39.7 Å². The smallest absolute Gasteiger partial charge is 0.236 e. The Kier molecular flexibility index (Phi) is 14.7. The third-order valence-electron chi connectivity index (χ3n) is 11.8. The fraction of sp³-hybridized carbons (Fsp3) is 0.353. The van der Waals surface area contributed by atoms with Gasteiger partial charge in [-0.05, 0) is 95.7 Å². The van der Waals surface area contributed by atoms with Crippen LogP contribution in [0.3, 0.4) is 0 Å². The first-order valence-corrected chi connectivity index (χ1v) is 23.9. The zero-order valence-electron chi connectivity index (χ0n) is 42.6. The Labute approximate surface area is 418 Å². The first kappa shape index (κ1) is 50.5. The molecular formula is C51H57N19S. The summed E-state index contributed by atoms with van der Waals surface area (Å²) in [5.41, 5.74) is 11.5. The van der Waals surface area contributed by atoms with Crippen molar-refractivity contribution < 1.29 is 0 Å². The molecule has 0 bridgehead atoms. The van der Waals surface area contributed by atoms with Crippen molar-refractivity contribution in [2.24, 2.45) is 20.5 Å². The molecule has 3 N–H and O–H groups in total. The second-order valence-corrected chi connectivity index (χ2v) is 19.4. The molecule has 0 saturated carbocycles. The molecule has 0 spiro atoms. The summed E-state index contributed by atoms with van der Waals surface area (Å²) in [7, 11) is 3.35. The van der Waals surface area contributed by atoms with Crippen LogP contribution in [0.5, 0.6) is 0 Å². The highest BCUT2D eigenvalue weighted by molar-refractivity contribution is 7.16. The van der Waals surface area contributed by atoms with Gasteiger partial charge in [0.15, 0.2) is 17.5 Å². The average molecular weight is 968 g/mol. The summed E-state index contributed by atoms with van der Waals surface area (Å²) < 4.78 is 2.83. The van der Waals surface area contributed by atoms with E-state index in [1.54, 1.807) is 21.0 Å². The van der Waals surface area contributed by atoms with Gasteiger partial charge in [0, 0.05) is 43.0 Å². The van der Waals surface area contributed by atoms with Gasteiger partial charge in [-0.25, -0.2) is 14.6 Å². The van der Waals surface area contributed by atoms with Crippen molar-refractivity contribution in [2.75, 3.05) is 41.5 Å². The van der Waals surface area contributed by atoms with Crippen molar-refractivity contribution in [3.05, 3.63) is 103 Å². The van der Waals surface area contributed by atoms with Crippen LogP contribution >= 0.6 is 11.3 Å². The SMILES string of the molecule is CCCCN(c1cc(C)c(N=Nc2c(C#N)c(C(C)(C)C)nn2-c2nnc(-n3cc(C#N)c(N=Nc4c(NC)nc(NC)c(C#N)c4C)n3)s2)c(Nc2c(C)cc(C)cc2C)n1)c1c(C)cc(C)cc1C. The van der Waals surface area contributed by atoms with Crippen molar-refractivity contribution in [2.45, 2.75) is 101 Å². The standard InChI is InChI=1S/C51H57N19S/c1-15-16-17-68(42-32(7)20-28(3)21-33(42)8)38-22-31(6)40(47(57-38)58-39-29(4)18-27(2)19-30(39)5)60-63-48-37(25-54)43(51(10,11)12)66-70(48)50-65-64-49(71-50)69-26-35(23-52)44(67-69)62-61-41-34(9)36(24-53)45(55-13)59-46(41)56-14/h18-22,26H,15-17H2,1-14H3,(H,57,58)(H2,55,56,59). The third-order valence-corrected chi connectivity index (χ3v) is 12.7. The summed E-state index contributed by atoms with van der Waals surface area (Å²) in [5.74, 6) is 2.18. The van der Waals surface area contributed by atoms with E-state index in [-0.39, 0.29) is 33.0 Å². The topological polar surface area (TPSA) is 247 Å². The fourth-order valence-corrected chi connectivity index (χ4v) is 9.25. The summed E-state index contributed by atoms with van der Waals surface area (Å²) in [5, 5.41) is 77.6. The zero-order valence-corrected chi connectivity index (χ0v) is 43.5. The number of nitrogens with one attached hydrogen (secondary N) is 3. The summed E-state index contributed by atoms with van der Waals surface area (Å²) in [6.07, 6.45) is 3.43. The van der Waals surface area contributed by atoms with E-state index in [1.807, 2.05) is 33.8 Å². The minimum absolute atomic E-state index is 0.00493. The van der Waals surface area contributed by atoms with Crippen molar-refractivity contribution in [3.8, 4) is 28.5 Å². The van der Waals surface area contributed by atoms with Crippen LogP contribution in [0, 0.1) is 89.4 Å². The Hall–Kier alpha value is -8.41. The predicted molar refractivity (Wildman–Crippen MR) is 279 cm³/mol. The fourth-order valence-electron chi connectivity index (χ4n) is 8.52. The normalized spacial score (nSPS) is 11.5. The third kappa shape index (κ3) is 10.2. The summed E-state index contributed by atoms with van der Waals surface area (Å²) >= 11 is 1.10. The van der Waals surface area contributed by atoms with Crippen LogP contribution in [0.2, 0.25) is 0 Å². The number of hydrogen-bond acceptors (Lipinski definition) is 18. The molecule has 0 atom stereocenters. The highest BCUT2D eigenvalue weighted by Gasteiger charge is 2.30. The maximum absolute atomic E-state index is 10.8. The highest BCUT2D eigenvalue weighted by atomic mass is 32.1. The lowest BCUT2D eigenvalue weighted by Gasteiger charge is -2.29. The van der Waals surface area contributed by atoms with Gasteiger partial charge in [0.05, 0.1) is 17.5 Å². The molecule has 0 saturated heterocycles. The average Bonchev–Trinajstić information content (AvgIpc) is 4.07. The number of hydrogen-bond donors (Lipinski definition) is 3. The molecule has 0 aliphatic heterocycles. The van der Waals surface area contributed by atoms with Crippen LogP contribution < -0.4 is 20.9 Å². The van der Waals surface area contributed by atoms with E-state index in [0.717, 1.165) is 81.3 Å². The number of anilines is 6. The minimum Gasteiger partial charge on any atom is -0.372 e. The van der Waals surface area contributed by atoms with Crippen molar-refractivity contribution in [1.29, 1.82) is 15.8 Å². The number of pyridine rings is 2. The molecule has 7 rings (SSSR count). The zero-order chi connectivity index (χ0) is 51.5. The Balaban J connectivity index is 1.34. The molecule has 5 aromatic heterocycles. The molecule has 20 heteroatoms. The molecule has 7 aromatic rings. The first-order chi connectivity index (χ1) is 33.8. The molecule has 0 aliphatic carbocycles. The molecule has 71 heavy (non-hydrogen) atoms. The van der Waals surface area contributed by atoms with Crippen LogP contribution in [-0.2, 0) is 5.41 Å². The van der Waals surface area contributed by atoms with E-state index >= 15 is 0 Å². The molecule has 0 fully saturated rings. The number of azo groups is 2. The molecule has 0 unspecified atom stereocenters. The molecule has 0 aliphatic rings. The number of aromatic nitrogens is 8. The lowest BCUT2D eigenvalue weighted by molar-refractivity contribution is 0.558. The maximum atomic E-state index is 10.8. The summed E-state index contributed by atoms with van der Waals surface area (Å²) in [6, 6.07) is 17.3. The Morgan fingerprint density at radius 3 is 1.90 bits per heavy atom. The van der Waals surface area contributed by atoms with Crippen LogP contribution in [0.1, 0.15) is 107 Å². The van der Waals surface area contributed by atoms with Gasteiger partial charge in [-0.2, -0.15) is 25.6 Å². The Morgan fingerprint density at radius 1 is 0.690 bits per heavy atom. The number of aryl methyl sites for hydroxylation is 7. The lowest BCUT2D eigenvalue weighted by Crippen LogP contribution is -2.22. The summed E-state index contributed by atoms with van der Waals surface area (Å²) in [4.78, 5) is 12.1. The number of rotatable bonds is 15. The molecule has 0 amide bonds. The van der Waals surface area contributed by atoms with Crippen LogP contribution in [0.4, 0.5) is 57.7 Å². The molecule has 5 heterocycles. The number of nitrogens with zero attached hydrogens (tertiary/aromatic N) is 16. The van der Waals surface area contributed by atoms with E-state index in [9.17, 15) is 15.8 Å². The van der Waals surface area contributed by atoms with Crippen molar-refractivity contribution >= 4 is 69.0 Å². The monoisotopic (exact) mass is 967 g/mol. The Bertz CT molecular complexity index is 3330. The first-order valence-electron chi connectivity index (χ1n) is 23.1. The number of nitriles is 3. The number of benzene rings is 2. The largest absolute Gasteiger partial charge is 0.372 e. The molecule has 362 valence electrons. The van der Waals surface area contributed by atoms with Gasteiger partial charge in [-0.15, -0.1) is 35.8 Å². The van der Waals surface area contributed by atoms with Crippen molar-refractivity contribution in [3.63, 3.8) is 0 Å². The van der Waals surface area contributed by atoms with Gasteiger partial charge in [0.1, 0.15) is 52.3 Å². The van der Waals surface area contributed by atoms with E-state index < -0.39 is 5.41 Å². The molecule has 0 radical (unpaired) electrons. The van der Waals surface area contributed by atoms with Crippen LogP contribution in [0.15, 0.2) is 57.0 Å². The van der Waals surface area contributed by atoms with Crippen LogP contribution in [-0.4, -0.2) is 60.4 Å². The number of unbranched alkanes of at least 4 members (excludes halogenated alkanes) is 1. The van der Waals surface area contributed by atoms with Crippen LogP contribution in [0.25, 0.3) is 10.3 Å². The highest BCUT2D eigenvalue weighted by Crippen LogP contribution is 2.42. The lowest BCUT2D eigenvalue weighted by atomic mass is 9.90. The Morgan fingerprint density at radius 2 is 1.31 bits per heavy atom. The van der Waals surface area contributed by atoms with Gasteiger partial charge in [-0.1, -0.05) is 80.8 Å². The minimum atomic E-state index is -0.583. The quantitative estimate of drug-likeness (QED) is 0.0810. The van der Waals surface area contributed by atoms with Gasteiger partial charge in [0.2, 0.25) is 16.1 Å². The van der Waals surface area contributed by atoms with E-state index in [2.05, 4.69) is 142 Å². The maximum Gasteiger partial charge on any atom is 0.236 e. The van der Waals surface area contributed by atoms with E-state index in [4.69, 9.17) is 20.3 Å². The second-order valence-electron chi connectivity index (χ2n) is 18.4. The van der Waals surface area contributed by atoms with Gasteiger partial charge >= 0.3 is 0 Å².